The number of likely N-dealkylation sites (tertiary alicyclic amines) is 2. The average Bonchev–Trinajstić information content (AvgIpc) is 3.54. The van der Waals surface area contributed by atoms with E-state index in [1.54, 1.807) is 13.8 Å². The summed E-state index contributed by atoms with van der Waals surface area (Å²) < 4.78 is 9.22. The molecule has 0 atom stereocenters. The first-order valence-corrected chi connectivity index (χ1v) is 11.6. The van der Waals surface area contributed by atoms with Gasteiger partial charge in [-0.3, -0.25) is 9.59 Å². The lowest BCUT2D eigenvalue weighted by atomic mass is 9.77. The van der Waals surface area contributed by atoms with Gasteiger partial charge in [-0.1, -0.05) is 40.0 Å². The number of aryl methyl sites for hydroxylation is 2. The Morgan fingerprint density at radius 2 is 1.69 bits per heavy atom. The van der Waals surface area contributed by atoms with Gasteiger partial charge in [-0.05, 0) is 50.1 Å². The van der Waals surface area contributed by atoms with E-state index in [9.17, 15) is 9.59 Å². The molecule has 3 aromatic rings. The number of benzene rings is 1. The van der Waals surface area contributed by atoms with E-state index in [0.717, 1.165) is 42.9 Å². The van der Waals surface area contributed by atoms with Crippen LogP contribution in [0.2, 0.25) is 0 Å². The van der Waals surface area contributed by atoms with Crippen molar-refractivity contribution < 1.29 is 14.1 Å². The van der Waals surface area contributed by atoms with Gasteiger partial charge in [-0.25, -0.2) is 0 Å². The Hall–Kier alpha value is -3.07. The molecule has 0 aliphatic carbocycles. The third-order valence-corrected chi connectivity index (χ3v) is 7.53. The van der Waals surface area contributed by atoms with Crippen molar-refractivity contribution in [2.45, 2.75) is 33.1 Å². The van der Waals surface area contributed by atoms with Crippen LogP contribution in [0.25, 0.3) is 11.3 Å². The van der Waals surface area contributed by atoms with Crippen LogP contribution in [-0.2, 0) is 0 Å². The highest BCUT2D eigenvalue weighted by atomic mass is 32.1. The number of aromatic nitrogens is 3. The molecule has 166 valence electrons. The number of carbonyl (C=O) groups excluding carboxylic acids is 2. The first-order valence-electron chi connectivity index (χ1n) is 10.9. The Balaban J connectivity index is 1.25. The van der Waals surface area contributed by atoms with Crippen molar-refractivity contribution in [3.8, 4) is 11.3 Å². The lowest BCUT2D eigenvalue weighted by molar-refractivity contribution is 0.0564. The number of piperidine rings is 1. The van der Waals surface area contributed by atoms with Gasteiger partial charge in [0.05, 0.1) is 5.69 Å². The number of carbonyl (C=O) groups is 2. The van der Waals surface area contributed by atoms with Crippen LogP contribution in [-0.4, -0.2) is 62.5 Å². The fourth-order valence-electron chi connectivity index (χ4n) is 4.91. The van der Waals surface area contributed by atoms with Crippen LogP contribution in [0.15, 0.2) is 34.9 Å². The molecule has 0 saturated carbocycles. The molecule has 2 saturated heterocycles. The summed E-state index contributed by atoms with van der Waals surface area (Å²) in [6.07, 6.45) is 2.73. The van der Waals surface area contributed by atoms with Crippen molar-refractivity contribution in [1.29, 1.82) is 0 Å². The molecule has 0 bridgehead atoms. The standard InChI is InChI=1S/C23H25N5O3S/c1-15-18(16(2)31-25-15)21(29)27-11-8-23(9-12-27)10-13-28(14-23)22(30)20-19(24-26-32-20)17-6-4-3-5-7-17/h3-7H,8-14H2,1-2H3. The van der Waals surface area contributed by atoms with Crippen LogP contribution in [0.4, 0.5) is 0 Å². The molecular weight excluding hydrogens is 426 g/mol. The predicted molar refractivity (Wildman–Crippen MR) is 119 cm³/mol. The maximum atomic E-state index is 13.3. The minimum Gasteiger partial charge on any atom is -0.361 e. The average molecular weight is 452 g/mol. The molecule has 2 aliphatic heterocycles. The monoisotopic (exact) mass is 451 g/mol. The number of amides is 2. The number of hydrogen-bond acceptors (Lipinski definition) is 7. The van der Waals surface area contributed by atoms with Crippen molar-refractivity contribution in [3.05, 3.63) is 52.2 Å². The fourth-order valence-corrected chi connectivity index (χ4v) is 5.56. The maximum Gasteiger partial charge on any atom is 0.267 e. The Kier molecular flexibility index (Phi) is 5.28. The van der Waals surface area contributed by atoms with E-state index in [-0.39, 0.29) is 17.2 Å². The molecule has 8 nitrogen and oxygen atoms in total. The SMILES string of the molecule is Cc1noc(C)c1C(=O)N1CCC2(CCN(C(=O)c3snnc3-c3ccccc3)C2)CC1. The summed E-state index contributed by atoms with van der Waals surface area (Å²) in [5, 5.41) is 8.12. The summed E-state index contributed by atoms with van der Waals surface area (Å²) >= 11 is 1.16. The molecule has 32 heavy (non-hydrogen) atoms. The minimum atomic E-state index is -0.00901. The van der Waals surface area contributed by atoms with Gasteiger partial charge in [-0.15, -0.1) is 5.10 Å². The lowest BCUT2D eigenvalue weighted by Gasteiger charge is -2.39. The summed E-state index contributed by atoms with van der Waals surface area (Å²) in [6.45, 7) is 6.38. The fraction of sp³-hybridized carbons (Fsp3) is 0.435. The van der Waals surface area contributed by atoms with Crippen molar-refractivity contribution in [1.82, 2.24) is 24.5 Å². The second-order valence-corrected chi connectivity index (χ2v) is 9.54. The second-order valence-electron chi connectivity index (χ2n) is 8.78. The Morgan fingerprint density at radius 1 is 1.00 bits per heavy atom. The van der Waals surface area contributed by atoms with Crippen molar-refractivity contribution in [2.75, 3.05) is 26.2 Å². The van der Waals surface area contributed by atoms with Crippen molar-refractivity contribution >= 4 is 23.3 Å². The van der Waals surface area contributed by atoms with E-state index in [2.05, 4.69) is 14.7 Å². The first kappa shape index (κ1) is 20.8. The number of nitrogens with zero attached hydrogens (tertiary/aromatic N) is 5. The topological polar surface area (TPSA) is 92.4 Å². The van der Waals surface area contributed by atoms with Crippen LogP contribution in [0.1, 0.15) is 50.7 Å². The molecule has 0 unspecified atom stereocenters. The normalized spacial score (nSPS) is 17.8. The highest BCUT2D eigenvalue weighted by Crippen LogP contribution is 2.41. The van der Waals surface area contributed by atoms with E-state index < -0.39 is 0 Å². The van der Waals surface area contributed by atoms with Gasteiger partial charge in [0, 0.05) is 31.7 Å². The van der Waals surface area contributed by atoms with Crippen LogP contribution >= 0.6 is 11.5 Å². The van der Waals surface area contributed by atoms with Crippen LogP contribution in [0, 0.1) is 19.3 Å². The molecule has 2 aromatic heterocycles. The van der Waals surface area contributed by atoms with Gasteiger partial charge in [0.1, 0.15) is 21.9 Å². The number of rotatable bonds is 3. The predicted octanol–water partition coefficient (Wildman–Crippen LogP) is 3.58. The highest BCUT2D eigenvalue weighted by molar-refractivity contribution is 7.08. The first-order chi connectivity index (χ1) is 15.5. The van der Waals surface area contributed by atoms with Gasteiger partial charge in [0.15, 0.2) is 0 Å². The molecule has 0 radical (unpaired) electrons. The third-order valence-electron chi connectivity index (χ3n) is 6.81. The van der Waals surface area contributed by atoms with Crippen LogP contribution < -0.4 is 0 Å². The van der Waals surface area contributed by atoms with Crippen molar-refractivity contribution in [2.24, 2.45) is 5.41 Å². The Bertz CT molecular complexity index is 1130. The Labute approximate surface area is 190 Å². The smallest absolute Gasteiger partial charge is 0.267 e. The van der Waals surface area contributed by atoms with Gasteiger partial charge < -0.3 is 14.3 Å². The summed E-state index contributed by atoms with van der Waals surface area (Å²) in [5.41, 5.74) is 2.84. The second kappa shape index (κ2) is 8.12. The summed E-state index contributed by atoms with van der Waals surface area (Å²) in [6, 6.07) is 9.71. The molecule has 4 heterocycles. The highest BCUT2D eigenvalue weighted by Gasteiger charge is 2.44. The van der Waals surface area contributed by atoms with E-state index in [1.807, 2.05) is 40.1 Å². The van der Waals surface area contributed by atoms with E-state index in [1.165, 1.54) is 0 Å². The van der Waals surface area contributed by atoms with E-state index in [0.29, 0.717) is 47.2 Å². The van der Waals surface area contributed by atoms with Crippen LogP contribution in [0.3, 0.4) is 0 Å². The van der Waals surface area contributed by atoms with Gasteiger partial charge in [0.25, 0.3) is 11.8 Å². The molecule has 1 spiro atoms. The molecule has 5 rings (SSSR count). The maximum absolute atomic E-state index is 13.3. The zero-order valence-electron chi connectivity index (χ0n) is 18.2. The lowest BCUT2D eigenvalue weighted by Crippen LogP contribution is -2.44. The molecule has 9 heteroatoms. The van der Waals surface area contributed by atoms with Crippen LogP contribution in [0.5, 0.6) is 0 Å². The van der Waals surface area contributed by atoms with Gasteiger partial charge >= 0.3 is 0 Å². The quantitative estimate of drug-likeness (QED) is 0.604. The number of hydrogen-bond donors (Lipinski definition) is 0. The molecule has 2 fully saturated rings. The summed E-state index contributed by atoms with van der Waals surface area (Å²) in [5.74, 6) is 0.563. The van der Waals surface area contributed by atoms with Gasteiger partial charge in [-0.2, -0.15) is 0 Å². The summed E-state index contributed by atoms with van der Waals surface area (Å²) in [7, 11) is 0. The minimum absolute atomic E-state index is 0.00459. The van der Waals surface area contributed by atoms with E-state index >= 15 is 0 Å². The molecule has 2 aliphatic rings. The molecule has 0 N–H and O–H groups in total. The molecule has 1 aromatic carbocycles. The summed E-state index contributed by atoms with van der Waals surface area (Å²) in [4.78, 5) is 30.7. The van der Waals surface area contributed by atoms with E-state index in [4.69, 9.17) is 4.52 Å². The molecular formula is C23H25N5O3S. The van der Waals surface area contributed by atoms with Crippen molar-refractivity contribution in [3.63, 3.8) is 0 Å². The zero-order chi connectivity index (χ0) is 22.3. The zero-order valence-corrected chi connectivity index (χ0v) is 19.0. The van der Waals surface area contributed by atoms with Gasteiger partial charge in [0.2, 0.25) is 0 Å². The Morgan fingerprint density at radius 3 is 2.34 bits per heavy atom. The molecule has 2 amide bonds. The largest absolute Gasteiger partial charge is 0.361 e. The third kappa shape index (κ3) is 3.60.